The Kier molecular flexibility index (Phi) is 9.02. The number of benzene rings is 2. The molecule has 13 heteroatoms. The van der Waals surface area contributed by atoms with Gasteiger partial charge in [-0.1, -0.05) is 29.8 Å². The Labute approximate surface area is 266 Å². The highest BCUT2D eigenvalue weighted by Crippen LogP contribution is 2.43. The fourth-order valence-corrected chi connectivity index (χ4v) is 8.11. The molecule has 0 spiro atoms. The SMILES string of the molecule is CC(C)n1nc(-c2cc(F)c(NS(=O)(=O)Cc3ccccc3Cl)cc2F)c2c(N)ncc(C3CCC(N4CCOCC4)CC3)c21. The summed E-state index contributed by atoms with van der Waals surface area (Å²) in [5.74, 6) is -1.92. The smallest absolute Gasteiger partial charge is 0.237 e. The molecule has 2 fully saturated rings. The lowest BCUT2D eigenvalue weighted by atomic mass is 9.81. The first-order chi connectivity index (χ1) is 21.5. The highest BCUT2D eigenvalue weighted by atomic mass is 35.5. The van der Waals surface area contributed by atoms with E-state index in [1.54, 1.807) is 30.5 Å². The van der Waals surface area contributed by atoms with Gasteiger partial charge in [0, 0.05) is 48.0 Å². The van der Waals surface area contributed by atoms with Gasteiger partial charge in [-0.05, 0) is 68.7 Å². The van der Waals surface area contributed by atoms with E-state index in [0.29, 0.717) is 17.0 Å². The third-order valence-corrected chi connectivity index (χ3v) is 10.4. The molecule has 45 heavy (non-hydrogen) atoms. The van der Waals surface area contributed by atoms with Crippen LogP contribution in [-0.2, 0) is 20.5 Å². The average Bonchev–Trinajstić information content (AvgIpc) is 3.42. The molecule has 1 saturated heterocycles. The zero-order valence-corrected chi connectivity index (χ0v) is 26.8. The Hall–Kier alpha value is -3.32. The van der Waals surface area contributed by atoms with Crippen LogP contribution in [0.25, 0.3) is 22.2 Å². The third kappa shape index (κ3) is 6.51. The van der Waals surface area contributed by atoms with E-state index in [1.165, 1.54) is 0 Å². The van der Waals surface area contributed by atoms with Crippen LogP contribution in [-0.4, -0.2) is 60.4 Å². The van der Waals surface area contributed by atoms with E-state index in [9.17, 15) is 8.42 Å². The van der Waals surface area contributed by atoms with Crippen LogP contribution in [0.4, 0.5) is 20.3 Å². The number of morpholine rings is 1. The molecular weight excluding hydrogens is 622 g/mol. The topological polar surface area (TPSA) is 115 Å². The maximum absolute atomic E-state index is 15.8. The monoisotopic (exact) mass is 658 g/mol. The van der Waals surface area contributed by atoms with E-state index in [4.69, 9.17) is 27.2 Å². The summed E-state index contributed by atoms with van der Waals surface area (Å²) in [6.45, 7) is 7.39. The van der Waals surface area contributed by atoms with Crippen molar-refractivity contribution < 1.29 is 21.9 Å². The van der Waals surface area contributed by atoms with Crippen LogP contribution in [0.2, 0.25) is 5.02 Å². The summed E-state index contributed by atoms with van der Waals surface area (Å²) in [7, 11) is -4.10. The number of nitrogen functional groups attached to an aromatic ring is 1. The maximum Gasteiger partial charge on any atom is 0.237 e. The number of nitrogens with zero attached hydrogens (tertiary/aromatic N) is 4. The minimum atomic E-state index is -4.10. The number of rotatable bonds is 8. The summed E-state index contributed by atoms with van der Waals surface area (Å²) in [6, 6.07) is 8.64. The number of hydrogen-bond acceptors (Lipinski definition) is 7. The van der Waals surface area contributed by atoms with Crippen molar-refractivity contribution in [3.8, 4) is 11.3 Å². The Morgan fingerprint density at radius 3 is 2.49 bits per heavy atom. The van der Waals surface area contributed by atoms with Crippen LogP contribution in [0.5, 0.6) is 0 Å². The highest BCUT2D eigenvalue weighted by molar-refractivity contribution is 7.91. The molecule has 3 heterocycles. The number of aromatic nitrogens is 3. The van der Waals surface area contributed by atoms with Gasteiger partial charge in [0.15, 0.2) is 0 Å². The van der Waals surface area contributed by atoms with Gasteiger partial charge in [-0.2, -0.15) is 5.10 Å². The first-order valence-electron chi connectivity index (χ1n) is 15.2. The second kappa shape index (κ2) is 12.8. The number of halogens is 3. The largest absolute Gasteiger partial charge is 0.383 e. The van der Waals surface area contributed by atoms with Gasteiger partial charge in [-0.25, -0.2) is 22.2 Å². The molecule has 0 amide bonds. The summed E-state index contributed by atoms with van der Waals surface area (Å²) in [4.78, 5) is 7.01. The number of nitrogens with two attached hydrogens (primary N) is 1. The molecule has 2 aliphatic rings. The van der Waals surface area contributed by atoms with E-state index in [1.807, 2.05) is 18.5 Å². The van der Waals surface area contributed by atoms with Crippen molar-refractivity contribution in [1.29, 1.82) is 0 Å². The number of nitrogens with one attached hydrogen (secondary N) is 1. The number of anilines is 2. The van der Waals surface area contributed by atoms with Crippen LogP contribution in [0, 0.1) is 11.6 Å². The lowest BCUT2D eigenvalue weighted by Crippen LogP contribution is -2.44. The molecule has 9 nitrogen and oxygen atoms in total. The van der Waals surface area contributed by atoms with Gasteiger partial charge < -0.3 is 10.5 Å². The molecule has 0 bridgehead atoms. The second-order valence-corrected chi connectivity index (χ2v) is 14.3. The molecule has 1 saturated carbocycles. The minimum Gasteiger partial charge on any atom is -0.383 e. The normalized spacial score (nSPS) is 19.8. The van der Waals surface area contributed by atoms with E-state index in [-0.39, 0.29) is 34.1 Å². The van der Waals surface area contributed by atoms with Crippen LogP contribution in [0.15, 0.2) is 42.6 Å². The maximum atomic E-state index is 15.8. The number of hydrogen-bond donors (Lipinski definition) is 2. The molecule has 1 aliphatic carbocycles. The molecule has 240 valence electrons. The summed E-state index contributed by atoms with van der Waals surface area (Å²) in [5, 5.41) is 5.47. The van der Waals surface area contributed by atoms with Crippen molar-refractivity contribution in [3.05, 3.63) is 70.4 Å². The predicted octanol–water partition coefficient (Wildman–Crippen LogP) is 6.49. The number of sulfonamides is 1. The Morgan fingerprint density at radius 1 is 1.09 bits per heavy atom. The lowest BCUT2D eigenvalue weighted by Gasteiger charge is -2.39. The van der Waals surface area contributed by atoms with Crippen molar-refractivity contribution in [3.63, 3.8) is 0 Å². The molecule has 6 rings (SSSR count). The fraction of sp³-hybridized carbons (Fsp3) is 0.438. The van der Waals surface area contributed by atoms with Gasteiger partial charge >= 0.3 is 0 Å². The number of pyridine rings is 1. The molecule has 0 unspecified atom stereocenters. The van der Waals surface area contributed by atoms with Gasteiger partial charge in [0.05, 0.1) is 35.6 Å². The van der Waals surface area contributed by atoms with Crippen molar-refractivity contribution in [2.75, 3.05) is 36.8 Å². The summed E-state index contributed by atoms with van der Waals surface area (Å²) >= 11 is 6.11. The fourth-order valence-electron chi connectivity index (χ4n) is 6.60. The molecule has 1 aliphatic heterocycles. The van der Waals surface area contributed by atoms with Gasteiger partial charge in [-0.15, -0.1) is 0 Å². The first-order valence-corrected chi connectivity index (χ1v) is 17.3. The van der Waals surface area contributed by atoms with Gasteiger partial charge in [0.25, 0.3) is 0 Å². The summed E-state index contributed by atoms with van der Waals surface area (Å²) < 4.78 is 66.4. The molecule has 0 radical (unpaired) electrons. The number of ether oxygens (including phenoxy) is 1. The molecule has 4 aromatic rings. The van der Waals surface area contributed by atoms with Crippen molar-refractivity contribution in [1.82, 2.24) is 19.7 Å². The van der Waals surface area contributed by atoms with Crippen LogP contribution < -0.4 is 10.5 Å². The van der Waals surface area contributed by atoms with Crippen LogP contribution in [0.3, 0.4) is 0 Å². The second-order valence-electron chi connectivity index (χ2n) is 12.1. The standard InChI is InChI=1S/C32H37ClF2N6O3S/c1-19(2)41-31-24(20-7-9-22(10-8-20)40-11-13-44-14-12-40)17-37-32(36)29(31)30(38-41)23-15-27(35)28(16-26(23)34)39-45(42,43)18-21-5-3-4-6-25(21)33/h3-6,15-17,19-20,22,39H,7-14,18H2,1-2H3,(H2,36,37). The lowest BCUT2D eigenvalue weighted by molar-refractivity contribution is 0.00731. The van der Waals surface area contributed by atoms with Crippen molar-refractivity contribution in [2.24, 2.45) is 0 Å². The average molecular weight is 659 g/mol. The van der Waals surface area contributed by atoms with E-state index in [0.717, 1.165) is 75.2 Å². The quantitative estimate of drug-likeness (QED) is 0.222. The molecule has 2 aromatic heterocycles. The van der Waals surface area contributed by atoms with Gasteiger partial charge in [-0.3, -0.25) is 14.3 Å². The minimum absolute atomic E-state index is 0.102. The number of fused-ring (bicyclic) bond motifs is 1. The molecule has 3 N–H and O–H groups in total. The van der Waals surface area contributed by atoms with E-state index in [2.05, 4.69) is 14.6 Å². The Bertz CT molecular complexity index is 1820. The zero-order valence-electron chi connectivity index (χ0n) is 25.3. The molecule has 2 aromatic carbocycles. The third-order valence-electron chi connectivity index (χ3n) is 8.85. The van der Waals surface area contributed by atoms with Gasteiger partial charge in [0.2, 0.25) is 10.0 Å². The molecular formula is C32H37ClF2N6O3S. The highest BCUT2D eigenvalue weighted by Gasteiger charge is 2.31. The van der Waals surface area contributed by atoms with Crippen molar-refractivity contribution >= 4 is 44.0 Å². The summed E-state index contributed by atoms with van der Waals surface area (Å²) in [6.07, 6.45) is 5.83. The van der Waals surface area contributed by atoms with Crippen LogP contribution in [0.1, 0.15) is 62.6 Å². The molecule has 0 atom stereocenters. The first kappa shape index (κ1) is 31.7. The zero-order chi connectivity index (χ0) is 31.9. The Morgan fingerprint density at radius 2 is 1.80 bits per heavy atom. The van der Waals surface area contributed by atoms with Gasteiger partial charge in [0.1, 0.15) is 23.1 Å². The Balaban J connectivity index is 1.33. The van der Waals surface area contributed by atoms with E-state index >= 15 is 8.78 Å². The van der Waals surface area contributed by atoms with E-state index < -0.39 is 33.1 Å². The summed E-state index contributed by atoms with van der Waals surface area (Å²) in [5.41, 5.74) is 8.03. The predicted molar refractivity (Wildman–Crippen MR) is 173 cm³/mol. The van der Waals surface area contributed by atoms with Crippen molar-refractivity contribution in [2.45, 2.75) is 63.3 Å². The van der Waals surface area contributed by atoms with Crippen LogP contribution >= 0.6 is 11.6 Å².